The molecule has 150 valence electrons. The molecule has 5 aliphatic rings. The third-order valence-electron chi connectivity index (χ3n) is 7.02. The molecule has 2 amide bonds. The van der Waals surface area contributed by atoms with Gasteiger partial charge in [-0.05, 0) is 12.8 Å². The average Bonchev–Trinajstić information content (AvgIpc) is 3.35. The molecule has 8 atom stereocenters. The van der Waals surface area contributed by atoms with E-state index < -0.39 is 0 Å². The highest BCUT2D eigenvalue weighted by Crippen LogP contribution is 2.42. The Labute approximate surface area is 164 Å². The van der Waals surface area contributed by atoms with E-state index in [2.05, 4.69) is 15.1 Å². The number of amides is 2. The van der Waals surface area contributed by atoms with Gasteiger partial charge in [0.1, 0.15) is 6.10 Å². The van der Waals surface area contributed by atoms with Crippen LogP contribution in [0.25, 0.3) is 0 Å². The molecule has 0 aliphatic carbocycles. The SMILES string of the molecule is CC(=O)NC1C(OC(=O)N(C)C2C3CN4CCC(O3)C24)CN2CCC(Cl)C12. The summed E-state index contributed by atoms with van der Waals surface area (Å²) in [7, 11) is 1.81. The van der Waals surface area contributed by atoms with Crippen LogP contribution in [0.1, 0.15) is 19.8 Å². The molecule has 8 unspecified atom stereocenters. The summed E-state index contributed by atoms with van der Waals surface area (Å²) < 4.78 is 12.0. The number of rotatable bonds is 3. The first-order valence-corrected chi connectivity index (χ1v) is 10.4. The number of halogens is 1. The van der Waals surface area contributed by atoms with Crippen molar-refractivity contribution >= 4 is 23.6 Å². The van der Waals surface area contributed by atoms with Crippen molar-refractivity contribution in [3.63, 3.8) is 0 Å². The van der Waals surface area contributed by atoms with Gasteiger partial charge in [0.05, 0.1) is 41.8 Å². The fourth-order valence-corrected chi connectivity index (χ4v) is 6.37. The van der Waals surface area contributed by atoms with E-state index in [1.165, 1.54) is 6.92 Å². The van der Waals surface area contributed by atoms with E-state index in [4.69, 9.17) is 21.1 Å². The molecule has 5 heterocycles. The molecule has 0 radical (unpaired) electrons. The summed E-state index contributed by atoms with van der Waals surface area (Å²) in [6, 6.07) is 0.0942. The van der Waals surface area contributed by atoms with Crippen molar-refractivity contribution in [1.29, 1.82) is 0 Å². The van der Waals surface area contributed by atoms with Gasteiger partial charge in [-0.15, -0.1) is 11.6 Å². The number of hydrogen-bond acceptors (Lipinski definition) is 6. The second-order valence-corrected chi connectivity index (χ2v) is 9.09. The number of fused-ring (bicyclic) bond motifs is 2. The second-order valence-electron chi connectivity index (χ2n) is 8.53. The van der Waals surface area contributed by atoms with Crippen molar-refractivity contribution < 1.29 is 19.1 Å². The number of alkyl halides is 1. The summed E-state index contributed by atoms with van der Waals surface area (Å²) in [6.45, 7) is 4.91. The molecule has 8 nitrogen and oxygen atoms in total. The minimum absolute atomic E-state index is 0.0200. The Bertz CT molecular complexity index is 637. The molecule has 5 aliphatic heterocycles. The molecule has 0 aromatic rings. The average molecular weight is 399 g/mol. The number of nitrogens with one attached hydrogen (secondary N) is 1. The Kier molecular flexibility index (Phi) is 4.31. The van der Waals surface area contributed by atoms with Crippen molar-refractivity contribution in [1.82, 2.24) is 20.0 Å². The molecule has 9 heteroatoms. The van der Waals surface area contributed by atoms with Gasteiger partial charge in [-0.25, -0.2) is 4.79 Å². The van der Waals surface area contributed by atoms with Crippen LogP contribution in [0.4, 0.5) is 4.79 Å². The van der Waals surface area contributed by atoms with E-state index in [9.17, 15) is 9.59 Å². The van der Waals surface area contributed by atoms with Gasteiger partial charge in [0.15, 0.2) is 0 Å². The number of hydrogen-bond donors (Lipinski definition) is 1. The lowest BCUT2D eigenvalue weighted by Crippen LogP contribution is -2.52. The smallest absolute Gasteiger partial charge is 0.410 e. The van der Waals surface area contributed by atoms with E-state index in [-0.39, 0.29) is 59.9 Å². The van der Waals surface area contributed by atoms with Crippen LogP contribution >= 0.6 is 11.6 Å². The van der Waals surface area contributed by atoms with Gasteiger partial charge in [0.2, 0.25) is 5.91 Å². The van der Waals surface area contributed by atoms with Crippen LogP contribution in [0.3, 0.4) is 0 Å². The molecule has 1 N–H and O–H groups in total. The van der Waals surface area contributed by atoms with Crippen molar-refractivity contribution in [3.05, 3.63) is 0 Å². The molecule has 5 saturated heterocycles. The molecule has 0 aromatic carbocycles. The van der Waals surface area contributed by atoms with Gasteiger partial charge in [-0.3, -0.25) is 14.6 Å². The first kappa shape index (κ1) is 18.0. The summed E-state index contributed by atoms with van der Waals surface area (Å²) in [4.78, 5) is 31.0. The summed E-state index contributed by atoms with van der Waals surface area (Å²) in [5.74, 6) is -0.126. The van der Waals surface area contributed by atoms with Crippen LogP contribution in [0.5, 0.6) is 0 Å². The minimum Gasteiger partial charge on any atom is -0.442 e. The Balaban J connectivity index is 1.28. The second kappa shape index (κ2) is 6.47. The molecule has 0 spiro atoms. The molecule has 27 heavy (non-hydrogen) atoms. The number of likely N-dealkylation sites (N-methyl/N-ethyl adjacent to an activating group) is 1. The lowest BCUT2D eigenvalue weighted by molar-refractivity contribution is -0.120. The van der Waals surface area contributed by atoms with Crippen LogP contribution in [0.15, 0.2) is 0 Å². The third-order valence-corrected chi connectivity index (χ3v) is 7.50. The molecular weight excluding hydrogens is 372 g/mol. The zero-order valence-electron chi connectivity index (χ0n) is 15.7. The summed E-state index contributed by atoms with van der Waals surface area (Å²) >= 11 is 6.48. The fraction of sp³-hybridized carbons (Fsp3) is 0.889. The van der Waals surface area contributed by atoms with Crippen molar-refractivity contribution in [2.24, 2.45) is 0 Å². The van der Waals surface area contributed by atoms with Gasteiger partial charge in [0.25, 0.3) is 0 Å². The van der Waals surface area contributed by atoms with E-state index in [0.29, 0.717) is 6.54 Å². The lowest BCUT2D eigenvalue weighted by atomic mass is 10.0. The maximum absolute atomic E-state index is 12.9. The Morgan fingerprint density at radius 2 is 1.89 bits per heavy atom. The molecule has 0 saturated carbocycles. The predicted octanol–water partition coefficient (Wildman–Crippen LogP) is -0.153. The summed E-state index contributed by atoms with van der Waals surface area (Å²) in [5, 5.41) is 2.93. The lowest BCUT2D eigenvalue weighted by Gasteiger charge is -2.30. The van der Waals surface area contributed by atoms with Crippen LogP contribution in [0, 0.1) is 0 Å². The Morgan fingerprint density at radius 1 is 1.15 bits per heavy atom. The van der Waals surface area contributed by atoms with Gasteiger partial charge < -0.3 is 19.7 Å². The first-order chi connectivity index (χ1) is 12.9. The maximum Gasteiger partial charge on any atom is 0.410 e. The van der Waals surface area contributed by atoms with Crippen LogP contribution in [0.2, 0.25) is 0 Å². The fourth-order valence-electron chi connectivity index (χ4n) is 5.96. The zero-order valence-corrected chi connectivity index (χ0v) is 16.5. The molecule has 5 fully saturated rings. The van der Waals surface area contributed by atoms with Crippen molar-refractivity contribution in [2.45, 2.75) is 67.6 Å². The van der Waals surface area contributed by atoms with Gasteiger partial charge in [-0.1, -0.05) is 0 Å². The van der Waals surface area contributed by atoms with Crippen molar-refractivity contribution in [3.8, 4) is 0 Å². The van der Waals surface area contributed by atoms with Gasteiger partial charge in [0, 0.05) is 40.2 Å². The molecule has 2 bridgehead atoms. The minimum atomic E-state index is -0.382. The highest BCUT2D eigenvalue weighted by atomic mass is 35.5. The van der Waals surface area contributed by atoms with Gasteiger partial charge >= 0.3 is 6.09 Å². The maximum atomic E-state index is 12.9. The zero-order chi connectivity index (χ0) is 18.9. The van der Waals surface area contributed by atoms with Crippen LogP contribution in [-0.4, -0.2) is 108 Å². The Hall–Kier alpha value is -1.09. The summed E-state index contributed by atoms with van der Waals surface area (Å²) in [6.07, 6.45) is 1.53. The van der Waals surface area contributed by atoms with E-state index in [0.717, 1.165) is 32.5 Å². The monoisotopic (exact) mass is 398 g/mol. The Morgan fingerprint density at radius 3 is 2.63 bits per heavy atom. The normalized spacial score (nSPS) is 45.3. The highest BCUT2D eigenvalue weighted by molar-refractivity contribution is 6.21. The van der Waals surface area contributed by atoms with Crippen molar-refractivity contribution in [2.75, 3.05) is 33.2 Å². The molecule has 0 aromatic heterocycles. The van der Waals surface area contributed by atoms with E-state index in [1.807, 2.05) is 0 Å². The molecular formula is C18H27ClN4O4. The van der Waals surface area contributed by atoms with Gasteiger partial charge in [-0.2, -0.15) is 0 Å². The largest absolute Gasteiger partial charge is 0.442 e. The predicted molar refractivity (Wildman–Crippen MR) is 97.7 cm³/mol. The third kappa shape index (κ3) is 2.75. The first-order valence-electron chi connectivity index (χ1n) is 9.92. The number of carbonyl (C=O) groups is 2. The topological polar surface area (TPSA) is 74.3 Å². The van der Waals surface area contributed by atoms with Crippen LogP contribution in [-0.2, 0) is 14.3 Å². The standard InChI is InChI=1S/C18H27ClN4O4/c1-9(24)20-14-12(7-22-5-3-10(19)15(14)22)27-18(25)21(2)16-13-8-23-6-4-11(26-13)17(16)23/h10-17H,3-8H2,1-2H3,(H,20,24). The number of nitrogens with zero attached hydrogens (tertiary/aromatic N) is 3. The highest BCUT2D eigenvalue weighted by Gasteiger charge is 2.59. The van der Waals surface area contributed by atoms with E-state index in [1.54, 1.807) is 11.9 Å². The number of ether oxygens (including phenoxy) is 2. The van der Waals surface area contributed by atoms with E-state index >= 15 is 0 Å². The van der Waals surface area contributed by atoms with Crippen LogP contribution < -0.4 is 5.32 Å². The summed E-state index contributed by atoms with van der Waals surface area (Å²) in [5.41, 5.74) is 0. The number of carbonyl (C=O) groups excluding carboxylic acids is 2. The molecule has 5 rings (SSSR count). The quantitative estimate of drug-likeness (QED) is 0.666. The number of morpholine rings is 1.